The minimum Gasteiger partial charge on any atom is -0.392 e. The summed E-state index contributed by atoms with van der Waals surface area (Å²) in [4.78, 5) is 13.3. The number of hydrogen-bond donors (Lipinski definition) is 2. The maximum Gasteiger partial charge on any atom is 0.236 e. The molecule has 0 saturated heterocycles. The standard InChI is InChI=1S/C14H19ClN2O2/c15-12-7-10(9-18)5-6-13(12)17(8-14(16)19)11-3-1-2-4-11/h5-7,11,18H,1-4,8-9H2,(H2,16,19). The van der Waals surface area contributed by atoms with Crippen molar-refractivity contribution in [2.24, 2.45) is 5.73 Å². The molecule has 1 aromatic rings. The Hall–Kier alpha value is -1.26. The molecule has 1 saturated carbocycles. The van der Waals surface area contributed by atoms with Crippen molar-refractivity contribution in [1.29, 1.82) is 0 Å². The fraction of sp³-hybridized carbons (Fsp3) is 0.500. The van der Waals surface area contributed by atoms with Gasteiger partial charge >= 0.3 is 0 Å². The number of primary amides is 1. The Labute approximate surface area is 118 Å². The summed E-state index contributed by atoms with van der Waals surface area (Å²) in [7, 11) is 0. The Morgan fingerprint density at radius 1 is 1.42 bits per heavy atom. The molecular weight excluding hydrogens is 264 g/mol. The maximum atomic E-state index is 11.3. The molecule has 1 aliphatic rings. The fourth-order valence-electron chi connectivity index (χ4n) is 2.68. The van der Waals surface area contributed by atoms with Gasteiger partial charge in [-0.3, -0.25) is 4.79 Å². The molecule has 1 aliphatic carbocycles. The summed E-state index contributed by atoms with van der Waals surface area (Å²) in [5, 5.41) is 9.66. The Morgan fingerprint density at radius 2 is 2.11 bits per heavy atom. The first-order chi connectivity index (χ1) is 9.11. The number of hydrogen-bond acceptors (Lipinski definition) is 3. The summed E-state index contributed by atoms with van der Waals surface area (Å²) in [6.45, 7) is 0.141. The first-order valence-electron chi connectivity index (χ1n) is 6.56. The van der Waals surface area contributed by atoms with Crippen LogP contribution >= 0.6 is 11.6 Å². The summed E-state index contributed by atoms with van der Waals surface area (Å²) in [5.41, 5.74) is 6.93. The zero-order chi connectivity index (χ0) is 13.8. The highest BCUT2D eigenvalue weighted by Gasteiger charge is 2.25. The van der Waals surface area contributed by atoms with E-state index in [1.165, 1.54) is 12.8 Å². The van der Waals surface area contributed by atoms with Crippen LogP contribution in [-0.4, -0.2) is 23.6 Å². The van der Waals surface area contributed by atoms with Crippen LogP contribution in [0.2, 0.25) is 5.02 Å². The summed E-state index contributed by atoms with van der Waals surface area (Å²) in [6.07, 6.45) is 4.47. The molecular formula is C14H19ClN2O2. The van der Waals surface area contributed by atoms with Crippen LogP contribution in [0.5, 0.6) is 0 Å². The number of nitrogens with zero attached hydrogens (tertiary/aromatic N) is 1. The minimum atomic E-state index is -0.353. The largest absolute Gasteiger partial charge is 0.392 e. The second kappa shape index (κ2) is 6.26. The van der Waals surface area contributed by atoms with Crippen LogP contribution in [0.4, 0.5) is 5.69 Å². The van der Waals surface area contributed by atoms with E-state index in [1.54, 1.807) is 6.07 Å². The van der Waals surface area contributed by atoms with Gasteiger partial charge in [0.05, 0.1) is 23.9 Å². The highest BCUT2D eigenvalue weighted by molar-refractivity contribution is 6.33. The molecule has 3 N–H and O–H groups in total. The van der Waals surface area contributed by atoms with Gasteiger partial charge < -0.3 is 15.7 Å². The number of benzene rings is 1. The van der Waals surface area contributed by atoms with Gasteiger partial charge in [-0.15, -0.1) is 0 Å². The predicted molar refractivity (Wildman–Crippen MR) is 76.2 cm³/mol. The molecule has 19 heavy (non-hydrogen) atoms. The lowest BCUT2D eigenvalue weighted by Gasteiger charge is -2.30. The Kier molecular flexibility index (Phi) is 4.66. The Balaban J connectivity index is 2.28. The van der Waals surface area contributed by atoms with Gasteiger partial charge in [-0.25, -0.2) is 0 Å². The van der Waals surface area contributed by atoms with Gasteiger partial charge in [-0.05, 0) is 30.5 Å². The lowest BCUT2D eigenvalue weighted by Crippen LogP contribution is -2.40. The van der Waals surface area contributed by atoms with E-state index in [9.17, 15) is 4.79 Å². The number of halogens is 1. The second-order valence-electron chi connectivity index (χ2n) is 4.98. The number of amides is 1. The van der Waals surface area contributed by atoms with Crippen molar-refractivity contribution in [1.82, 2.24) is 0 Å². The highest BCUT2D eigenvalue weighted by Crippen LogP contribution is 2.33. The highest BCUT2D eigenvalue weighted by atomic mass is 35.5. The summed E-state index contributed by atoms with van der Waals surface area (Å²) in [5.74, 6) is -0.353. The van der Waals surface area contributed by atoms with Crippen LogP contribution in [0.25, 0.3) is 0 Å². The van der Waals surface area contributed by atoms with E-state index in [-0.39, 0.29) is 19.1 Å². The number of carbonyl (C=O) groups excluding carboxylic acids is 1. The molecule has 0 bridgehead atoms. The van der Waals surface area contributed by atoms with Crippen LogP contribution < -0.4 is 10.6 Å². The first kappa shape index (κ1) is 14.2. The molecule has 0 heterocycles. The molecule has 0 unspecified atom stereocenters. The van der Waals surface area contributed by atoms with E-state index < -0.39 is 0 Å². The number of carbonyl (C=O) groups is 1. The molecule has 5 heteroatoms. The van der Waals surface area contributed by atoms with Crippen molar-refractivity contribution in [3.05, 3.63) is 28.8 Å². The van der Waals surface area contributed by atoms with Crippen LogP contribution in [-0.2, 0) is 11.4 Å². The molecule has 0 aliphatic heterocycles. The second-order valence-corrected chi connectivity index (χ2v) is 5.38. The molecule has 0 atom stereocenters. The zero-order valence-corrected chi connectivity index (χ0v) is 11.6. The summed E-state index contributed by atoms with van der Waals surface area (Å²) >= 11 is 6.26. The van der Waals surface area contributed by atoms with Crippen molar-refractivity contribution in [2.45, 2.75) is 38.3 Å². The quantitative estimate of drug-likeness (QED) is 0.869. The van der Waals surface area contributed by atoms with E-state index in [4.69, 9.17) is 22.4 Å². The molecule has 0 aromatic heterocycles. The van der Waals surface area contributed by atoms with Gasteiger partial charge in [0.25, 0.3) is 0 Å². The molecule has 0 radical (unpaired) electrons. The Bertz CT molecular complexity index is 459. The average Bonchev–Trinajstić information content (AvgIpc) is 2.89. The molecule has 4 nitrogen and oxygen atoms in total. The van der Waals surface area contributed by atoms with Crippen molar-refractivity contribution in [2.75, 3.05) is 11.4 Å². The van der Waals surface area contributed by atoms with Gasteiger partial charge in [-0.1, -0.05) is 30.5 Å². The van der Waals surface area contributed by atoms with Gasteiger partial charge in [0.2, 0.25) is 5.91 Å². The van der Waals surface area contributed by atoms with Gasteiger partial charge in [-0.2, -0.15) is 0 Å². The van der Waals surface area contributed by atoms with Gasteiger partial charge in [0.15, 0.2) is 0 Å². The van der Waals surface area contributed by atoms with Crippen LogP contribution in [0.1, 0.15) is 31.2 Å². The molecule has 104 valence electrons. The monoisotopic (exact) mass is 282 g/mol. The number of rotatable bonds is 5. The summed E-state index contributed by atoms with van der Waals surface area (Å²) < 4.78 is 0. The predicted octanol–water partition coefficient (Wildman–Crippen LogP) is 2.07. The lowest BCUT2D eigenvalue weighted by molar-refractivity contribution is -0.116. The normalized spacial score (nSPS) is 15.7. The zero-order valence-electron chi connectivity index (χ0n) is 10.8. The topological polar surface area (TPSA) is 66.6 Å². The molecule has 1 amide bonds. The number of nitrogens with two attached hydrogens (primary N) is 1. The van der Waals surface area contributed by atoms with Crippen molar-refractivity contribution >= 4 is 23.2 Å². The third kappa shape index (κ3) is 3.39. The fourth-order valence-corrected chi connectivity index (χ4v) is 2.99. The smallest absolute Gasteiger partial charge is 0.236 e. The van der Waals surface area contributed by atoms with E-state index in [0.29, 0.717) is 11.1 Å². The molecule has 0 spiro atoms. The van der Waals surface area contributed by atoms with Crippen molar-refractivity contribution in [3.63, 3.8) is 0 Å². The summed E-state index contributed by atoms with van der Waals surface area (Å²) in [6, 6.07) is 5.74. The van der Waals surface area contributed by atoms with Crippen LogP contribution in [0.3, 0.4) is 0 Å². The number of aliphatic hydroxyl groups is 1. The maximum absolute atomic E-state index is 11.3. The van der Waals surface area contributed by atoms with Crippen LogP contribution in [0.15, 0.2) is 18.2 Å². The van der Waals surface area contributed by atoms with Crippen molar-refractivity contribution in [3.8, 4) is 0 Å². The van der Waals surface area contributed by atoms with Crippen molar-refractivity contribution < 1.29 is 9.90 Å². The molecule has 2 rings (SSSR count). The first-order valence-corrected chi connectivity index (χ1v) is 6.94. The minimum absolute atomic E-state index is 0.0424. The number of aliphatic hydroxyl groups excluding tert-OH is 1. The Morgan fingerprint density at radius 3 is 2.63 bits per heavy atom. The van der Waals surface area contributed by atoms with E-state index in [0.717, 1.165) is 24.1 Å². The van der Waals surface area contributed by atoms with E-state index in [1.807, 2.05) is 17.0 Å². The van der Waals surface area contributed by atoms with Gasteiger partial charge in [0, 0.05) is 6.04 Å². The van der Waals surface area contributed by atoms with Crippen LogP contribution in [0, 0.1) is 0 Å². The molecule has 1 fully saturated rings. The average molecular weight is 283 g/mol. The molecule has 1 aromatic carbocycles. The SMILES string of the molecule is NC(=O)CN(c1ccc(CO)cc1Cl)C1CCCC1. The third-order valence-corrected chi connectivity index (χ3v) is 3.90. The van der Waals surface area contributed by atoms with E-state index >= 15 is 0 Å². The third-order valence-electron chi connectivity index (χ3n) is 3.60. The number of anilines is 1. The van der Waals surface area contributed by atoms with E-state index in [2.05, 4.69) is 0 Å². The lowest BCUT2D eigenvalue weighted by atomic mass is 10.1. The van der Waals surface area contributed by atoms with Gasteiger partial charge in [0.1, 0.15) is 0 Å².